The van der Waals surface area contributed by atoms with E-state index in [1.54, 1.807) is 35.6 Å². The third kappa shape index (κ3) is 3.67. The van der Waals surface area contributed by atoms with Crippen LogP contribution >= 0.6 is 11.3 Å². The molecule has 3 aromatic rings. The number of nitrogens with two attached hydrogens (primary N) is 2. The van der Waals surface area contributed by atoms with Crippen molar-refractivity contribution in [2.24, 2.45) is 5.73 Å². The van der Waals surface area contributed by atoms with E-state index in [1.807, 2.05) is 17.5 Å². The molecule has 0 unspecified atom stereocenters. The van der Waals surface area contributed by atoms with Crippen LogP contribution in [0.2, 0.25) is 0 Å². The Labute approximate surface area is 151 Å². The highest BCUT2D eigenvalue weighted by atomic mass is 32.2. The van der Waals surface area contributed by atoms with E-state index in [0.717, 1.165) is 4.88 Å². The van der Waals surface area contributed by atoms with Crippen molar-refractivity contribution in [3.05, 3.63) is 52.9 Å². The Hall–Kier alpha value is -2.00. The molecule has 0 spiro atoms. The zero-order valence-corrected chi connectivity index (χ0v) is 15.3. The van der Waals surface area contributed by atoms with Crippen LogP contribution < -0.4 is 11.5 Å². The van der Waals surface area contributed by atoms with Gasteiger partial charge in [0.05, 0.1) is 4.90 Å². The van der Waals surface area contributed by atoms with E-state index in [9.17, 15) is 8.42 Å². The van der Waals surface area contributed by atoms with Crippen molar-refractivity contribution < 1.29 is 8.42 Å². The van der Waals surface area contributed by atoms with Gasteiger partial charge in [-0.15, -0.1) is 11.3 Å². The Morgan fingerprint density at radius 2 is 1.92 bits per heavy atom. The Morgan fingerprint density at radius 1 is 1.08 bits per heavy atom. The van der Waals surface area contributed by atoms with Gasteiger partial charge < -0.3 is 11.5 Å². The molecule has 0 saturated heterocycles. The van der Waals surface area contributed by atoms with Gasteiger partial charge in [0.2, 0.25) is 10.0 Å². The summed E-state index contributed by atoms with van der Waals surface area (Å²) in [6.07, 6.45) is 2.18. The smallest absolute Gasteiger partial charge is 0.243 e. The fourth-order valence-electron chi connectivity index (χ4n) is 2.75. The zero-order chi connectivity index (χ0) is 17.9. The van der Waals surface area contributed by atoms with E-state index in [1.165, 1.54) is 10.5 Å². The number of hydrogen-bond acceptors (Lipinski definition) is 6. The molecule has 0 saturated carbocycles. The van der Waals surface area contributed by atoms with E-state index in [0.29, 0.717) is 29.6 Å². The lowest BCUT2D eigenvalue weighted by Gasteiger charge is -2.22. The van der Waals surface area contributed by atoms with Crippen LogP contribution in [-0.4, -0.2) is 37.3 Å². The molecule has 4 N–H and O–H groups in total. The molecule has 6 nitrogen and oxygen atoms in total. The number of sulfonamides is 1. The molecule has 0 atom stereocenters. The molecule has 0 amide bonds. The molecule has 0 aliphatic heterocycles. The fourth-order valence-corrected chi connectivity index (χ4v) is 5.11. The SMILES string of the molecule is NCCN(CCc1cccs1)S(=O)(=O)c1cccc2c(N)nccc12. The second kappa shape index (κ2) is 7.49. The van der Waals surface area contributed by atoms with Crippen molar-refractivity contribution in [1.82, 2.24) is 9.29 Å². The molecule has 0 radical (unpaired) electrons. The molecule has 0 aliphatic rings. The molecule has 1 aromatic carbocycles. The van der Waals surface area contributed by atoms with Gasteiger partial charge in [0.25, 0.3) is 0 Å². The van der Waals surface area contributed by atoms with Gasteiger partial charge in [-0.1, -0.05) is 18.2 Å². The van der Waals surface area contributed by atoms with Gasteiger partial charge >= 0.3 is 0 Å². The van der Waals surface area contributed by atoms with E-state index in [4.69, 9.17) is 11.5 Å². The normalized spacial score (nSPS) is 12.1. The van der Waals surface area contributed by atoms with Crippen molar-refractivity contribution in [3.8, 4) is 0 Å². The van der Waals surface area contributed by atoms with Gasteiger partial charge in [-0.25, -0.2) is 13.4 Å². The molecule has 132 valence electrons. The summed E-state index contributed by atoms with van der Waals surface area (Å²) in [6, 6.07) is 10.7. The van der Waals surface area contributed by atoms with Crippen molar-refractivity contribution >= 4 is 38.0 Å². The summed E-state index contributed by atoms with van der Waals surface area (Å²) in [5, 5.41) is 3.19. The molecule has 2 heterocycles. The first kappa shape index (κ1) is 17.8. The summed E-state index contributed by atoms with van der Waals surface area (Å²) in [4.78, 5) is 5.41. The van der Waals surface area contributed by atoms with E-state index >= 15 is 0 Å². The molecular formula is C17H20N4O2S2. The predicted octanol–water partition coefficient (Wildman–Crippen LogP) is 2.07. The van der Waals surface area contributed by atoms with E-state index in [2.05, 4.69) is 4.98 Å². The van der Waals surface area contributed by atoms with Crippen molar-refractivity contribution in [2.75, 3.05) is 25.4 Å². The van der Waals surface area contributed by atoms with Crippen LogP contribution in [0.25, 0.3) is 10.8 Å². The van der Waals surface area contributed by atoms with Crippen LogP contribution in [0.4, 0.5) is 5.82 Å². The number of nitrogen functional groups attached to an aromatic ring is 1. The first-order chi connectivity index (χ1) is 12.0. The number of anilines is 1. The highest BCUT2D eigenvalue weighted by molar-refractivity contribution is 7.89. The summed E-state index contributed by atoms with van der Waals surface area (Å²) in [6.45, 7) is 0.916. The Bertz CT molecular complexity index is 956. The number of fused-ring (bicyclic) bond motifs is 1. The van der Waals surface area contributed by atoms with Crippen molar-refractivity contribution in [3.63, 3.8) is 0 Å². The highest BCUT2D eigenvalue weighted by Gasteiger charge is 2.26. The molecule has 8 heteroatoms. The summed E-state index contributed by atoms with van der Waals surface area (Å²) in [5.74, 6) is 0.318. The first-order valence-corrected chi connectivity index (χ1v) is 10.2. The largest absolute Gasteiger partial charge is 0.383 e. The number of benzene rings is 1. The van der Waals surface area contributed by atoms with E-state index < -0.39 is 10.0 Å². The topological polar surface area (TPSA) is 102 Å². The number of pyridine rings is 1. The second-order valence-electron chi connectivity index (χ2n) is 5.57. The molecule has 0 fully saturated rings. The maximum absolute atomic E-state index is 13.2. The fraction of sp³-hybridized carbons (Fsp3) is 0.235. The predicted molar refractivity (Wildman–Crippen MR) is 102 cm³/mol. The minimum Gasteiger partial charge on any atom is -0.383 e. The lowest BCUT2D eigenvalue weighted by molar-refractivity contribution is 0.423. The Balaban J connectivity index is 1.99. The average molecular weight is 377 g/mol. The van der Waals surface area contributed by atoms with Crippen molar-refractivity contribution in [1.29, 1.82) is 0 Å². The lowest BCUT2D eigenvalue weighted by Crippen LogP contribution is -2.37. The van der Waals surface area contributed by atoms with E-state index in [-0.39, 0.29) is 18.0 Å². The molecule has 25 heavy (non-hydrogen) atoms. The van der Waals surface area contributed by atoms with Gasteiger partial charge in [0.1, 0.15) is 5.82 Å². The Kier molecular flexibility index (Phi) is 5.33. The average Bonchev–Trinajstić information content (AvgIpc) is 3.12. The number of hydrogen-bond donors (Lipinski definition) is 2. The van der Waals surface area contributed by atoms with Gasteiger partial charge in [-0.05, 0) is 30.0 Å². The summed E-state index contributed by atoms with van der Waals surface area (Å²) in [7, 11) is -3.69. The van der Waals surface area contributed by atoms with Gasteiger partial charge in [0, 0.05) is 41.5 Å². The molecule has 0 bridgehead atoms. The minimum atomic E-state index is -3.69. The second-order valence-corrected chi connectivity index (χ2v) is 8.51. The third-order valence-corrected chi connectivity index (χ3v) is 6.87. The summed E-state index contributed by atoms with van der Waals surface area (Å²) < 4.78 is 27.9. The monoisotopic (exact) mass is 376 g/mol. The summed E-state index contributed by atoms with van der Waals surface area (Å²) >= 11 is 1.62. The number of rotatable bonds is 7. The minimum absolute atomic E-state index is 0.235. The molecule has 2 aromatic heterocycles. The first-order valence-electron chi connectivity index (χ1n) is 7.90. The van der Waals surface area contributed by atoms with Crippen LogP contribution in [0.3, 0.4) is 0 Å². The molecule has 0 aliphatic carbocycles. The van der Waals surface area contributed by atoms with Gasteiger partial charge in [-0.3, -0.25) is 0 Å². The van der Waals surface area contributed by atoms with Crippen LogP contribution in [-0.2, 0) is 16.4 Å². The standard InChI is InChI=1S/C17H20N4O2S2/c18-8-11-21(10-7-13-3-2-12-24-13)25(22,23)16-5-1-4-15-14(16)6-9-20-17(15)19/h1-6,9,12H,7-8,10-11,18H2,(H2,19,20). The maximum Gasteiger partial charge on any atom is 0.243 e. The molecule has 3 rings (SSSR count). The van der Waals surface area contributed by atoms with Gasteiger partial charge in [0.15, 0.2) is 0 Å². The quantitative estimate of drug-likeness (QED) is 0.657. The molecular weight excluding hydrogens is 356 g/mol. The Morgan fingerprint density at radius 3 is 2.64 bits per heavy atom. The van der Waals surface area contributed by atoms with Crippen LogP contribution in [0.1, 0.15) is 4.88 Å². The number of nitrogens with zero attached hydrogens (tertiary/aromatic N) is 2. The van der Waals surface area contributed by atoms with Crippen LogP contribution in [0, 0.1) is 0 Å². The number of aromatic nitrogens is 1. The van der Waals surface area contributed by atoms with Crippen LogP contribution in [0.15, 0.2) is 52.9 Å². The maximum atomic E-state index is 13.2. The third-order valence-electron chi connectivity index (χ3n) is 3.98. The zero-order valence-electron chi connectivity index (χ0n) is 13.6. The summed E-state index contributed by atoms with van der Waals surface area (Å²) in [5.41, 5.74) is 11.5. The lowest BCUT2D eigenvalue weighted by atomic mass is 10.1. The van der Waals surface area contributed by atoms with Gasteiger partial charge in [-0.2, -0.15) is 4.31 Å². The van der Waals surface area contributed by atoms with Crippen molar-refractivity contribution in [2.45, 2.75) is 11.3 Å². The highest BCUT2D eigenvalue weighted by Crippen LogP contribution is 2.28. The number of thiophene rings is 1. The van der Waals surface area contributed by atoms with Crippen LogP contribution in [0.5, 0.6) is 0 Å².